The zero-order valence-electron chi connectivity index (χ0n) is 9.73. The van der Waals surface area contributed by atoms with Crippen LogP contribution >= 0.6 is 34.8 Å². The van der Waals surface area contributed by atoms with E-state index in [1.807, 2.05) is 6.07 Å². The van der Waals surface area contributed by atoms with Crippen LogP contribution < -0.4 is 0 Å². The highest BCUT2D eigenvalue weighted by molar-refractivity contribution is 6.42. The molecule has 2 heterocycles. The Balaban J connectivity index is 2.28. The first kappa shape index (κ1) is 12.7. The van der Waals surface area contributed by atoms with E-state index >= 15 is 0 Å². The first-order valence-electron chi connectivity index (χ1n) is 5.39. The van der Waals surface area contributed by atoms with E-state index in [9.17, 15) is 0 Å². The molecule has 1 aromatic carbocycles. The van der Waals surface area contributed by atoms with Crippen LogP contribution in [0.1, 0.15) is 5.82 Å². The lowest BCUT2D eigenvalue weighted by molar-refractivity contribution is 0.889. The Morgan fingerprint density at radius 1 is 1.05 bits per heavy atom. The molecule has 0 aliphatic heterocycles. The van der Waals surface area contributed by atoms with Crippen LogP contribution in [0.3, 0.4) is 0 Å². The normalized spacial score (nSPS) is 11.2. The van der Waals surface area contributed by atoms with Gasteiger partial charge in [-0.3, -0.25) is 0 Å². The largest absolute Gasteiger partial charge is 0.221 e. The monoisotopic (exact) mass is 312 g/mol. The van der Waals surface area contributed by atoms with Gasteiger partial charge in [-0.05, 0) is 25.1 Å². The van der Waals surface area contributed by atoms with Gasteiger partial charge in [-0.2, -0.15) is 5.10 Å². The molecule has 0 amide bonds. The number of aromatic nitrogens is 4. The summed E-state index contributed by atoms with van der Waals surface area (Å²) in [5, 5.41) is 6.29. The molecule has 0 unspecified atom stereocenters. The van der Waals surface area contributed by atoms with Crippen LogP contribution in [0, 0.1) is 6.92 Å². The zero-order chi connectivity index (χ0) is 13.6. The maximum absolute atomic E-state index is 6.07. The summed E-state index contributed by atoms with van der Waals surface area (Å²) >= 11 is 18.0. The molecular weight excluding hydrogens is 307 g/mol. The summed E-state index contributed by atoms with van der Waals surface area (Å²) in [4.78, 5) is 8.45. The molecule has 3 rings (SSSR count). The Morgan fingerprint density at radius 2 is 1.84 bits per heavy atom. The lowest BCUT2D eigenvalue weighted by Crippen LogP contribution is -1.99. The molecule has 2 aromatic heterocycles. The fraction of sp³-hybridized carbons (Fsp3) is 0.0833. The summed E-state index contributed by atoms with van der Waals surface area (Å²) in [6, 6.07) is 5.25. The van der Waals surface area contributed by atoms with Crippen molar-refractivity contribution < 1.29 is 0 Å². The number of hydrogen-bond acceptors (Lipinski definition) is 3. The van der Waals surface area contributed by atoms with Crippen molar-refractivity contribution in [2.75, 3.05) is 0 Å². The third-order valence-electron chi connectivity index (χ3n) is 2.64. The van der Waals surface area contributed by atoms with E-state index in [0.717, 1.165) is 5.69 Å². The molecule has 0 fully saturated rings. The van der Waals surface area contributed by atoms with Crippen LogP contribution in [0.5, 0.6) is 0 Å². The van der Waals surface area contributed by atoms with Crippen LogP contribution in [0.15, 0.2) is 24.4 Å². The van der Waals surface area contributed by atoms with Gasteiger partial charge in [-0.15, -0.1) is 0 Å². The van der Waals surface area contributed by atoms with Crippen molar-refractivity contribution in [1.29, 1.82) is 0 Å². The predicted octanol–water partition coefficient (Wildman–Crippen LogP) is 4.08. The van der Waals surface area contributed by atoms with E-state index in [1.165, 1.54) is 0 Å². The minimum absolute atomic E-state index is 0.383. The van der Waals surface area contributed by atoms with E-state index in [1.54, 1.807) is 29.9 Å². The number of aryl methyl sites for hydroxylation is 1. The summed E-state index contributed by atoms with van der Waals surface area (Å²) in [6.45, 7) is 1.78. The molecule has 7 heteroatoms. The van der Waals surface area contributed by atoms with Crippen molar-refractivity contribution in [2.45, 2.75) is 6.92 Å². The number of benzene rings is 1. The molecule has 0 N–H and O–H groups in total. The number of fused-ring (bicyclic) bond motifs is 1. The zero-order valence-corrected chi connectivity index (χ0v) is 12.0. The molecule has 0 radical (unpaired) electrons. The average Bonchev–Trinajstić information content (AvgIpc) is 2.76. The summed E-state index contributed by atoms with van der Waals surface area (Å²) in [5.74, 6) is 0.583. The highest BCUT2D eigenvalue weighted by atomic mass is 35.5. The maximum atomic E-state index is 6.07. The van der Waals surface area contributed by atoms with Crippen molar-refractivity contribution in [3.63, 3.8) is 0 Å². The fourth-order valence-electron chi connectivity index (χ4n) is 1.78. The van der Waals surface area contributed by atoms with Gasteiger partial charge in [0.1, 0.15) is 11.0 Å². The molecule has 4 nitrogen and oxygen atoms in total. The van der Waals surface area contributed by atoms with Gasteiger partial charge in [-0.1, -0.05) is 34.8 Å². The average molecular weight is 314 g/mol. The van der Waals surface area contributed by atoms with Crippen LogP contribution in [0.2, 0.25) is 15.2 Å². The van der Waals surface area contributed by atoms with Crippen molar-refractivity contribution in [3.8, 4) is 5.69 Å². The van der Waals surface area contributed by atoms with Crippen LogP contribution in [-0.2, 0) is 0 Å². The fourth-order valence-corrected chi connectivity index (χ4v) is 2.33. The first-order valence-corrected chi connectivity index (χ1v) is 6.53. The minimum Gasteiger partial charge on any atom is -0.221 e. The second-order valence-corrected chi connectivity index (χ2v) is 5.13. The topological polar surface area (TPSA) is 43.6 Å². The van der Waals surface area contributed by atoms with Gasteiger partial charge in [0.15, 0.2) is 5.65 Å². The Kier molecular flexibility index (Phi) is 3.09. The van der Waals surface area contributed by atoms with Crippen molar-refractivity contribution in [3.05, 3.63) is 45.4 Å². The molecule has 3 aromatic rings. The SMILES string of the molecule is Cc1nc(Cl)c2cnn(-c3ccc(Cl)c(Cl)c3)c2n1. The Labute approximate surface area is 123 Å². The van der Waals surface area contributed by atoms with E-state index in [0.29, 0.717) is 32.1 Å². The second kappa shape index (κ2) is 4.63. The molecule has 0 aliphatic carbocycles. The molecule has 0 aliphatic rings. The standard InChI is InChI=1S/C12H7Cl3N4/c1-6-17-11(15)8-5-16-19(12(8)18-6)7-2-3-9(13)10(14)4-7/h2-5H,1H3. The second-order valence-electron chi connectivity index (χ2n) is 3.95. The number of halogens is 3. The van der Waals surface area contributed by atoms with Gasteiger partial charge in [0, 0.05) is 0 Å². The summed E-state index contributed by atoms with van der Waals surface area (Å²) in [6.07, 6.45) is 1.62. The lowest BCUT2D eigenvalue weighted by atomic mass is 10.3. The maximum Gasteiger partial charge on any atom is 0.168 e. The van der Waals surface area contributed by atoms with Crippen LogP contribution in [0.4, 0.5) is 0 Å². The summed E-state index contributed by atoms with van der Waals surface area (Å²) in [7, 11) is 0. The minimum atomic E-state index is 0.383. The van der Waals surface area contributed by atoms with Gasteiger partial charge < -0.3 is 0 Å². The number of rotatable bonds is 1. The van der Waals surface area contributed by atoms with Gasteiger partial charge in [0.05, 0.1) is 27.3 Å². The molecule has 0 atom stereocenters. The molecule has 0 spiro atoms. The summed E-state index contributed by atoms with van der Waals surface area (Å²) in [5.41, 5.74) is 1.40. The number of hydrogen-bond donors (Lipinski definition) is 0. The third-order valence-corrected chi connectivity index (χ3v) is 3.67. The van der Waals surface area contributed by atoms with Gasteiger partial charge in [0.2, 0.25) is 0 Å². The molecular formula is C12H7Cl3N4. The smallest absolute Gasteiger partial charge is 0.168 e. The van der Waals surface area contributed by atoms with Crippen molar-refractivity contribution >= 4 is 45.8 Å². The highest BCUT2D eigenvalue weighted by Gasteiger charge is 2.12. The van der Waals surface area contributed by atoms with E-state index < -0.39 is 0 Å². The van der Waals surface area contributed by atoms with Crippen LogP contribution in [-0.4, -0.2) is 19.7 Å². The van der Waals surface area contributed by atoms with Crippen molar-refractivity contribution in [1.82, 2.24) is 19.7 Å². The highest BCUT2D eigenvalue weighted by Crippen LogP contribution is 2.27. The van der Waals surface area contributed by atoms with Gasteiger partial charge in [0.25, 0.3) is 0 Å². The summed E-state index contributed by atoms with van der Waals surface area (Å²) < 4.78 is 1.65. The van der Waals surface area contributed by atoms with Gasteiger partial charge in [-0.25, -0.2) is 14.6 Å². The van der Waals surface area contributed by atoms with Gasteiger partial charge >= 0.3 is 0 Å². The Hall–Kier alpha value is -1.36. The van der Waals surface area contributed by atoms with Crippen LogP contribution in [0.25, 0.3) is 16.7 Å². The molecule has 0 saturated carbocycles. The van der Waals surface area contributed by atoms with E-state index in [4.69, 9.17) is 34.8 Å². The first-order chi connectivity index (χ1) is 9.06. The molecule has 0 bridgehead atoms. The number of nitrogens with zero attached hydrogens (tertiary/aromatic N) is 4. The molecule has 96 valence electrons. The Morgan fingerprint density at radius 3 is 2.58 bits per heavy atom. The van der Waals surface area contributed by atoms with E-state index in [2.05, 4.69) is 15.1 Å². The third kappa shape index (κ3) is 2.16. The molecule has 19 heavy (non-hydrogen) atoms. The Bertz CT molecular complexity index is 782. The van der Waals surface area contributed by atoms with Crippen molar-refractivity contribution in [2.24, 2.45) is 0 Å². The molecule has 0 saturated heterocycles. The quantitative estimate of drug-likeness (QED) is 0.636. The van der Waals surface area contributed by atoms with E-state index in [-0.39, 0.29) is 0 Å². The predicted molar refractivity (Wildman–Crippen MR) is 76.4 cm³/mol. The lowest BCUT2D eigenvalue weighted by Gasteiger charge is -2.05.